The molecule has 37 heavy (non-hydrogen) atoms. The summed E-state index contributed by atoms with van der Waals surface area (Å²) < 4.78 is 23.4. The average Bonchev–Trinajstić information content (AvgIpc) is 3.16. The molecular weight excluding hydrogens is 531 g/mol. The summed E-state index contributed by atoms with van der Waals surface area (Å²) in [6.45, 7) is 9.20. The van der Waals surface area contributed by atoms with Gasteiger partial charge in [-0.2, -0.15) is 5.10 Å². The third kappa shape index (κ3) is 5.96. The molecule has 5 rings (SSSR count). The van der Waals surface area contributed by atoms with Crippen LogP contribution in [-0.4, -0.2) is 71.9 Å². The lowest BCUT2D eigenvalue weighted by Crippen LogP contribution is -2.54. The van der Waals surface area contributed by atoms with Gasteiger partial charge in [-0.15, -0.1) is 0 Å². The van der Waals surface area contributed by atoms with E-state index in [1.54, 1.807) is 6.07 Å². The number of halogens is 2. The quantitative estimate of drug-likeness (QED) is 0.271. The molecule has 1 aromatic carbocycles. The predicted molar refractivity (Wildman–Crippen MR) is 148 cm³/mol. The fraction of sp³-hybridized carbons (Fsp3) is 0.577. The Labute approximate surface area is 230 Å². The molecule has 1 unspecified atom stereocenters. The zero-order valence-corrected chi connectivity index (χ0v) is 23.6. The maximum atomic E-state index is 10.8. The van der Waals surface area contributed by atoms with Crippen molar-refractivity contribution >= 4 is 51.3 Å². The number of unbranched alkanes of at least 4 members (excludes halogenated alkanes) is 1. The van der Waals surface area contributed by atoms with Crippen molar-refractivity contribution in [2.45, 2.75) is 45.6 Å². The maximum Gasteiger partial charge on any atom is 0.179 e. The van der Waals surface area contributed by atoms with E-state index in [-0.39, 0.29) is 11.8 Å². The van der Waals surface area contributed by atoms with Crippen molar-refractivity contribution in [1.82, 2.24) is 24.6 Å². The summed E-state index contributed by atoms with van der Waals surface area (Å²) in [5.74, 6) is 2.48. The van der Waals surface area contributed by atoms with Gasteiger partial charge in [-0.3, -0.25) is 4.21 Å². The van der Waals surface area contributed by atoms with E-state index in [9.17, 15) is 8.76 Å². The highest BCUT2D eigenvalue weighted by molar-refractivity contribution is 7.79. The second-order valence-corrected chi connectivity index (χ2v) is 12.2. The van der Waals surface area contributed by atoms with E-state index < -0.39 is 11.1 Å². The smallest absolute Gasteiger partial charge is 0.179 e. The van der Waals surface area contributed by atoms with Gasteiger partial charge in [-0.25, -0.2) is 14.6 Å². The molecule has 0 N–H and O–H groups in total. The first-order chi connectivity index (χ1) is 17.8. The van der Waals surface area contributed by atoms with Gasteiger partial charge in [0.1, 0.15) is 11.3 Å². The molecular formula is C26H33Cl2N6O2S-. The number of hydrogen-bond donors (Lipinski definition) is 0. The largest absolute Gasteiger partial charge is 0.772 e. The minimum atomic E-state index is -1.93. The Bertz CT molecular complexity index is 1280. The monoisotopic (exact) mass is 563 g/mol. The van der Waals surface area contributed by atoms with Crippen LogP contribution >= 0.6 is 23.2 Å². The molecule has 2 aliphatic rings. The highest BCUT2D eigenvalue weighted by Gasteiger charge is 2.36. The second-order valence-electron chi connectivity index (χ2n) is 10.4. The van der Waals surface area contributed by atoms with Crippen molar-refractivity contribution in [2.24, 2.45) is 11.8 Å². The van der Waals surface area contributed by atoms with Crippen molar-refractivity contribution in [3.05, 3.63) is 45.7 Å². The van der Waals surface area contributed by atoms with Crippen LogP contribution in [0.25, 0.3) is 11.2 Å². The summed E-state index contributed by atoms with van der Waals surface area (Å²) in [4.78, 5) is 14.6. The van der Waals surface area contributed by atoms with E-state index in [1.165, 1.54) is 12.8 Å². The first-order valence-electron chi connectivity index (χ1n) is 13.0. The molecule has 11 heteroatoms. The normalized spacial score (nSPS) is 20.8. The Morgan fingerprint density at radius 3 is 2.76 bits per heavy atom. The lowest BCUT2D eigenvalue weighted by molar-refractivity contribution is 0.118. The molecule has 8 nitrogen and oxygen atoms in total. The minimum Gasteiger partial charge on any atom is -0.772 e. The first-order valence-corrected chi connectivity index (χ1v) is 15.0. The van der Waals surface area contributed by atoms with E-state index in [1.807, 2.05) is 29.9 Å². The lowest BCUT2D eigenvalue weighted by Gasteiger charge is -2.47. The number of piperidine rings is 1. The number of hydrogen-bond acceptors (Lipinski definition) is 7. The van der Waals surface area contributed by atoms with Crippen LogP contribution in [0.4, 0.5) is 5.82 Å². The van der Waals surface area contributed by atoms with Crippen molar-refractivity contribution in [3.8, 4) is 0 Å². The van der Waals surface area contributed by atoms with Gasteiger partial charge in [0, 0.05) is 35.4 Å². The van der Waals surface area contributed by atoms with Gasteiger partial charge in [0.2, 0.25) is 0 Å². The third-order valence-corrected chi connectivity index (χ3v) is 9.00. The van der Waals surface area contributed by atoms with Crippen molar-refractivity contribution in [1.29, 1.82) is 0 Å². The van der Waals surface area contributed by atoms with E-state index in [4.69, 9.17) is 38.3 Å². The zero-order valence-electron chi connectivity index (χ0n) is 21.3. The van der Waals surface area contributed by atoms with Gasteiger partial charge in [-0.05, 0) is 82.2 Å². The third-order valence-electron chi connectivity index (χ3n) is 7.82. The number of aryl methyl sites for hydroxylation is 1. The molecule has 2 saturated heterocycles. The van der Waals surface area contributed by atoms with Gasteiger partial charge in [0.25, 0.3) is 0 Å². The Balaban J connectivity index is 1.24. The molecule has 0 amide bonds. The number of rotatable bonds is 9. The zero-order chi connectivity index (χ0) is 26.1. The van der Waals surface area contributed by atoms with Crippen LogP contribution in [0.5, 0.6) is 0 Å². The van der Waals surface area contributed by atoms with E-state index >= 15 is 0 Å². The van der Waals surface area contributed by atoms with Crippen molar-refractivity contribution < 1.29 is 8.76 Å². The maximum absolute atomic E-state index is 10.8. The van der Waals surface area contributed by atoms with E-state index in [0.29, 0.717) is 21.9 Å². The van der Waals surface area contributed by atoms with Crippen LogP contribution in [0.1, 0.15) is 49.9 Å². The summed E-state index contributed by atoms with van der Waals surface area (Å²) in [6, 6.07) is 5.42. The average molecular weight is 565 g/mol. The van der Waals surface area contributed by atoms with Crippen molar-refractivity contribution in [2.75, 3.05) is 43.4 Å². The standard InChI is InChI=1S/C26H34Cl2N6O2S/c1-17-25-26(34(31-17)18(2)22-8-7-21(27)12-23(22)28)30-24(13-29-25)33-15-20(16-33)19-6-5-10-32(14-19)9-3-4-11-37(35)36/h7-8,12-13,18-20H,3-6,9-11,14-16H2,1-2H3,(H,35,36)/p-1/t18-,19+/m1/s1. The minimum absolute atomic E-state index is 0.114. The number of likely N-dealkylation sites (tertiary alicyclic amines) is 1. The molecule has 0 spiro atoms. The van der Waals surface area contributed by atoms with Crippen LogP contribution in [0.3, 0.4) is 0 Å². The summed E-state index contributed by atoms with van der Waals surface area (Å²) in [7, 11) is 0. The van der Waals surface area contributed by atoms with Gasteiger partial charge in [-0.1, -0.05) is 40.3 Å². The van der Waals surface area contributed by atoms with Crippen LogP contribution in [-0.2, 0) is 11.1 Å². The molecule has 0 radical (unpaired) electrons. The molecule has 2 aromatic heterocycles. The number of benzene rings is 1. The molecule has 0 bridgehead atoms. The Morgan fingerprint density at radius 2 is 2.00 bits per heavy atom. The summed E-state index contributed by atoms with van der Waals surface area (Å²) in [6.07, 6.45) is 6.03. The number of anilines is 1. The van der Waals surface area contributed by atoms with Crippen molar-refractivity contribution in [3.63, 3.8) is 0 Å². The molecule has 3 atom stereocenters. The topological polar surface area (TPSA) is 90.2 Å². The lowest BCUT2D eigenvalue weighted by atomic mass is 9.80. The molecule has 3 aromatic rings. The van der Waals surface area contributed by atoms with E-state index in [2.05, 4.69) is 16.7 Å². The SMILES string of the molecule is Cc1nn([C@H](C)c2ccc(Cl)cc2Cl)c2nc(N3CC([C@H]4CCCN(CCCCS(=O)[O-])C4)C3)cnc12. The molecule has 4 heterocycles. The number of nitrogens with zero attached hydrogens (tertiary/aromatic N) is 6. The fourth-order valence-electron chi connectivity index (χ4n) is 5.67. The molecule has 2 fully saturated rings. The van der Waals surface area contributed by atoms with Crippen LogP contribution in [0, 0.1) is 18.8 Å². The summed E-state index contributed by atoms with van der Waals surface area (Å²) >= 11 is 10.7. The van der Waals surface area contributed by atoms with Gasteiger partial charge in [0.15, 0.2) is 5.65 Å². The summed E-state index contributed by atoms with van der Waals surface area (Å²) in [5, 5.41) is 5.97. The molecule has 0 saturated carbocycles. The Kier molecular flexibility index (Phi) is 8.36. The predicted octanol–water partition coefficient (Wildman–Crippen LogP) is 4.86. The number of aromatic nitrogens is 4. The Hall–Kier alpha value is -1.78. The first kappa shape index (κ1) is 26.8. The fourth-order valence-corrected chi connectivity index (χ4v) is 6.67. The van der Waals surface area contributed by atoms with Crippen LogP contribution < -0.4 is 4.90 Å². The van der Waals surface area contributed by atoms with Gasteiger partial charge in [0.05, 0.1) is 17.9 Å². The van der Waals surface area contributed by atoms with Gasteiger partial charge < -0.3 is 14.4 Å². The van der Waals surface area contributed by atoms with Crippen LogP contribution in [0.2, 0.25) is 10.0 Å². The number of fused-ring (bicyclic) bond motifs is 1. The summed E-state index contributed by atoms with van der Waals surface area (Å²) in [5.41, 5.74) is 3.35. The highest BCUT2D eigenvalue weighted by atomic mass is 35.5. The van der Waals surface area contributed by atoms with Gasteiger partial charge >= 0.3 is 0 Å². The highest BCUT2D eigenvalue weighted by Crippen LogP contribution is 2.35. The molecule has 2 aliphatic heterocycles. The second kappa shape index (κ2) is 11.5. The van der Waals surface area contributed by atoms with E-state index in [0.717, 1.165) is 73.8 Å². The Morgan fingerprint density at radius 1 is 1.19 bits per heavy atom. The van der Waals surface area contributed by atoms with Crippen LogP contribution in [0.15, 0.2) is 24.4 Å². The molecule has 0 aliphatic carbocycles. The molecule has 200 valence electrons.